The fourth-order valence-corrected chi connectivity index (χ4v) is 3.08. The summed E-state index contributed by atoms with van der Waals surface area (Å²) in [6, 6.07) is 12.0. The van der Waals surface area contributed by atoms with Crippen LogP contribution < -0.4 is 16.0 Å². The topological polar surface area (TPSA) is 47.3 Å². The Kier molecular flexibility index (Phi) is 5.65. The molecule has 2 aromatic carbocycles. The maximum Gasteiger partial charge on any atom is 0.133 e. The standard InChI is InChI=1S/C16H18BrClN2O/c1-10-3-4-11(14(18)7-10)9-15(20-19)12-5-6-16(21-2)13(17)8-12/h3-8,15,20H,9,19H2,1-2H3. The minimum Gasteiger partial charge on any atom is -0.496 e. The van der Waals surface area contributed by atoms with Gasteiger partial charge in [0.15, 0.2) is 0 Å². The second-order valence-electron chi connectivity index (χ2n) is 4.91. The van der Waals surface area contributed by atoms with Gasteiger partial charge in [-0.3, -0.25) is 11.3 Å². The van der Waals surface area contributed by atoms with Crippen LogP contribution in [0.3, 0.4) is 0 Å². The van der Waals surface area contributed by atoms with Crippen molar-refractivity contribution in [3.8, 4) is 5.75 Å². The Morgan fingerprint density at radius 2 is 2.05 bits per heavy atom. The molecule has 1 unspecified atom stereocenters. The molecule has 0 spiro atoms. The van der Waals surface area contributed by atoms with Gasteiger partial charge in [-0.05, 0) is 64.2 Å². The number of methoxy groups -OCH3 is 1. The van der Waals surface area contributed by atoms with Crippen LogP contribution in [0.5, 0.6) is 5.75 Å². The van der Waals surface area contributed by atoms with Crippen LogP contribution in [0.1, 0.15) is 22.7 Å². The average molecular weight is 370 g/mol. The number of ether oxygens (including phenoxy) is 1. The predicted octanol–water partition coefficient (Wildman–Crippen LogP) is 4.17. The number of nitrogens with two attached hydrogens (primary N) is 1. The van der Waals surface area contributed by atoms with Crippen LogP contribution in [0.2, 0.25) is 5.02 Å². The minimum atomic E-state index is -0.0209. The number of hydrogen-bond donors (Lipinski definition) is 2. The van der Waals surface area contributed by atoms with Gasteiger partial charge in [-0.15, -0.1) is 0 Å². The highest BCUT2D eigenvalue weighted by Gasteiger charge is 2.14. The molecule has 0 bridgehead atoms. The predicted molar refractivity (Wildman–Crippen MR) is 90.7 cm³/mol. The third kappa shape index (κ3) is 3.98. The van der Waals surface area contributed by atoms with Gasteiger partial charge in [0.25, 0.3) is 0 Å². The number of benzene rings is 2. The van der Waals surface area contributed by atoms with Crippen molar-refractivity contribution >= 4 is 27.5 Å². The van der Waals surface area contributed by atoms with Crippen LogP contribution in [0.15, 0.2) is 40.9 Å². The second kappa shape index (κ2) is 7.27. The summed E-state index contributed by atoms with van der Waals surface area (Å²) >= 11 is 9.79. The van der Waals surface area contributed by atoms with Crippen molar-refractivity contribution in [2.45, 2.75) is 19.4 Å². The van der Waals surface area contributed by atoms with Gasteiger partial charge in [0.05, 0.1) is 17.6 Å². The Labute approximate surface area is 138 Å². The Bertz CT molecular complexity index is 634. The fourth-order valence-electron chi connectivity index (χ4n) is 2.21. The lowest BCUT2D eigenvalue weighted by molar-refractivity contribution is 0.411. The summed E-state index contributed by atoms with van der Waals surface area (Å²) in [5.74, 6) is 6.51. The normalized spacial score (nSPS) is 12.2. The van der Waals surface area contributed by atoms with Crippen LogP contribution in [0.25, 0.3) is 0 Å². The molecular weight excluding hydrogens is 352 g/mol. The zero-order valence-corrected chi connectivity index (χ0v) is 14.3. The van der Waals surface area contributed by atoms with Gasteiger partial charge in [0.2, 0.25) is 0 Å². The SMILES string of the molecule is COc1ccc(C(Cc2ccc(C)cc2Cl)NN)cc1Br. The zero-order chi connectivity index (χ0) is 15.4. The van der Waals surface area contributed by atoms with E-state index in [0.29, 0.717) is 6.42 Å². The Balaban J connectivity index is 2.25. The van der Waals surface area contributed by atoms with E-state index in [0.717, 1.165) is 31.9 Å². The van der Waals surface area contributed by atoms with Crippen LogP contribution in [0, 0.1) is 6.92 Å². The molecule has 5 heteroatoms. The lowest BCUT2D eigenvalue weighted by Gasteiger charge is -2.18. The van der Waals surface area contributed by atoms with E-state index in [-0.39, 0.29) is 6.04 Å². The molecule has 0 aromatic heterocycles. The maximum absolute atomic E-state index is 6.30. The molecule has 0 aliphatic carbocycles. The highest BCUT2D eigenvalue weighted by molar-refractivity contribution is 9.10. The van der Waals surface area contributed by atoms with E-state index < -0.39 is 0 Å². The monoisotopic (exact) mass is 368 g/mol. The Morgan fingerprint density at radius 3 is 2.62 bits per heavy atom. The summed E-state index contributed by atoms with van der Waals surface area (Å²) in [6.45, 7) is 2.02. The molecule has 0 fully saturated rings. The van der Waals surface area contributed by atoms with Crippen LogP contribution >= 0.6 is 27.5 Å². The molecule has 0 saturated heterocycles. The summed E-state index contributed by atoms with van der Waals surface area (Å²) < 4.78 is 6.14. The zero-order valence-electron chi connectivity index (χ0n) is 12.0. The van der Waals surface area contributed by atoms with Crippen molar-refractivity contribution in [1.82, 2.24) is 5.43 Å². The van der Waals surface area contributed by atoms with Gasteiger partial charge in [0, 0.05) is 5.02 Å². The lowest BCUT2D eigenvalue weighted by atomic mass is 9.98. The van der Waals surface area contributed by atoms with Crippen molar-refractivity contribution in [3.63, 3.8) is 0 Å². The van der Waals surface area contributed by atoms with E-state index in [9.17, 15) is 0 Å². The molecule has 2 rings (SSSR count). The Hall–Kier alpha value is -1.07. The van der Waals surface area contributed by atoms with Gasteiger partial charge >= 0.3 is 0 Å². The first-order chi connectivity index (χ1) is 10.0. The number of hydrogen-bond acceptors (Lipinski definition) is 3. The molecule has 0 saturated carbocycles. The van der Waals surface area contributed by atoms with Crippen molar-refractivity contribution < 1.29 is 4.74 Å². The third-order valence-corrected chi connectivity index (χ3v) is 4.38. The quantitative estimate of drug-likeness (QED) is 0.614. The van der Waals surface area contributed by atoms with Crippen molar-refractivity contribution in [3.05, 3.63) is 62.6 Å². The van der Waals surface area contributed by atoms with E-state index in [2.05, 4.69) is 27.4 Å². The molecule has 0 heterocycles. The van der Waals surface area contributed by atoms with Gasteiger partial charge < -0.3 is 4.74 Å². The average Bonchev–Trinajstić information content (AvgIpc) is 2.46. The minimum absolute atomic E-state index is 0.0209. The molecule has 3 nitrogen and oxygen atoms in total. The van der Waals surface area contributed by atoms with Crippen molar-refractivity contribution in [1.29, 1.82) is 0 Å². The highest BCUT2D eigenvalue weighted by atomic mass is 79.9. The first-order valence-electron chi connectivity index (χ1n) is 6.59. The Morgan fingerprint density at radius 1 is 1.29 bits per heavy atom. The first-order valence-corrected chi connectivity index (χ1v) is 7.77. The summed E-state index contributed by atoms with van der Waals surface area (Å²) in [5, 5.41) is 0.767. The molecular formula is C16H18BrClN2O. The molecule has 0 amide bonds. The number of aryl methyl sites for hydroxylation is 1. The number of hydrazine groups is 1. The number of halogens is 2. The van der Waals surface area contributed by atoms with E-state index in [1.807, 2.05) is 37.3 Å². The van der Waals surface area contributed by atoms with Gasteiger partial charge in [-0.25, -0.2) is 0 Å². The lowest BCUT2D eigenvalue weighted by Crippen LogP contribution is -2.29. The highest BCUT2D eigenvalue weighted by Crippen LogP contribution is 2.30. The van der Waals surface area contributed by atoms with E-state index in [4.69, 9.17) is 22.2 Å². The van der Waals surface area contributed by atoms with Crippen LogP contribution in [-0.2, 0) is 6.42 Å². The molecule has 2 aromatic rings. The van der Waals surface area contributed by atoms with Gasteiger partial charge in [-0.1, -0.05) is 29.8 Å². The molecule has 0 aliphatic rings. The summed E-state index contributed by atoms with van der Waals surface area (Å²) in [5.41, 5.74) is 6.14. The largest absolute Gasteiger partial charge is 0.496 e. The van der Waals surface area contributed by atoms with Gasteiger partial charge in [0.1, 0.15) is 5.75 Å². The van der Waals surface area contributed by atoms with Crippen LogP contribution in [-0.4, -0.2) is 7.11 Å². The first kappa shape index (κ1) is 16.3. The molecule has 0 aliphatic heterocycles. The van der Waals surface area contributed by atoms with Crippen LogP contribution in [0.4, 0.5) is 0 Å². The molecule has 3 N–H and O–H groups in total. The van der Waals surface area contributed by atoms with E-state index in [1.165, 1.54) is 0 Å². The maximum atomic E-state index is 6.30. The summed E-state index contributed by atoms with van der Waals surface area (Å²) in [4.78, 5) is 0. The summed E-state index contributed by atoms with van der Waals surface area (Å²) in [6.07, 6.45) is 0.717. The number of rotatable bonds is 5. The fraction of sp³-hybridized carbons (Fsp3) is 0.250. The van der Waals surface area contributed by atoms with Crippen molar-refractivity contribution in [2.24, 2.45) is 5.84 Å². The van der Waals surface area contributed by atoms with E-state index >= 15 is 0 Å². The van der Waals surface area contributed by atoms with E-state index in [1.54, 1.807) is 7.11 Å². The third-order valence-electron chi connectivity index (χ3n) is 3.41. The molecule has 21 heavy (non-hydrogen) atoms. The smallest absolute Gasteiger partial charge is 0.133 e. The summed E-state index contributed by atoms with van der Waals surface area (Å²) in [7, 11) is 1.64. The molecule has 112 valence electrons. The number of nitrogens with one attached hydrogen (secondary N) is 1. The van der Waals surface area contributed by atoms with Crippen molar-refractivity contribution in [2.75, 3.05) is 7.11 Å². The second-order valence-corrected chi connectivity index (χ2v) is 6.17. The molecule has 0 radical (unpaired) electrons. The van der Waals surface area contributed by atoms with Gasteiger partial charge in [-0.2, -0.15) is 0 Å². The molecule has 1 atom stereocenters.